The van der Waals surface area contributed by atoms with Crippen LogP contribution in [-0.2, 0) is 6.54 Å². The number of pyridine rings is 1. The van der Waals surface area contributed by atoms with E-state index in [1.807, 2.05) is 18.2 Å². The number of benzene rings is 1. The third kappa shape index (κ3) is 4.80. The number of ether oxygens (including phenoxy) is 2. The maximum absolute atomic E-state index is 6.13. The van der Waals surface area contributed by atoms with Crippen LogP contribution >= 0.6 is 34.4 Å². The van der Waals surface area contributed by atoms with Gasteiger partial charge in [0.05, 0.1) is 5.52 Å². The Balaban J connectivity index is 1.58. The number of fused-ring (bicyclic) bond motifs is 2. The predicted molar refractivity (Wildman–Crippen MR) is 129 cm³/mol. The van der Waals surface area contributed by atoms with Gasteiger partial charge >= 0.3 is 0 Å². The number of nitrogens with zero attached hydrogens (tertiary/aromatic N) is 3. The molecule has 0 saturated heterocycles. The zero-order chi connectivity index (χ0) is 21.3. The molecule has 3 aromatic rings. The number of hydrogen-bond donors (Lipinski definition) is 1. The molecule has 0 spiro atoms. The Morgan fingerprint density at radius 2 is 1.93 bits per heavy atom. The van der Waals surface area contributed by atoms with E-state index in [1.165, 1.54) is 19.3 Å². The van der Waals surface area contributed by atoms with E-state index in [0.717, 1.165) is 49.1 Å². The lowest BCUT2D eigenvalue weighted by molar-refractivity contribution is 0.174. The molecule has 0 saturated carbocycles. The Kier molecular flexibility index (Phi) is 6.34. The summed E-state index contributed by atoms with van der Waals surface area (Å²) >= 11 is 3.97. The Morgan fingerprint density at radius 3 is 2.70 bits per heavy atom. The lowest BCUT2D eigenvalue weighted by Crippen LogP contribution is -2.05. The van der Waals surface area contributed by atoms with Crippen molar-refractivity contribution in [2.24, 2.45) is 5.41 Å². The third-order valence-corrected chi connectivity index (χ3v) is 7.41. The Morgan fingerprint density at radius 1 is 1.17 bits per heavy atom. The van der Waals surface area contributed by atoms with Crippen molar-refractivity contribution < 1.29 is 9.47 Å². The van der Waals surface area contributed by atoms with E-state index in [0.29, 0.717) is 11.2 Å². The van der Waals surface area contributed by atoms with E-state index < -0.39 is 0 Å². The van der Waals surface area contributed by atoms with Gasteiger partial charge in [0, 0.05) is 21.2 Å². The number of nitrogen functional groups attached to an aromatic ring is 1. The Hall–Kier alpha value is -1.68. The number of halogens is 1. The van der Waals surface area contributed by atoms with E-state index in [4.69, 9.17) is 20.2 Å². The second kappa shape index (κ2) is 8.82. The van der Waals surface area contributed by atoms with Gasteiger partial charge in [0.25, 0.3) is 0 Å². The first-order chi connectivity index (χ1) is 14.3. The van der Waals surface area contributed by atoms with Gasteiger partial charge in [-0.15, -0.1) is 0 Å². The van der Waals surface area contributed by atoms with Gasteiger partial charge in [-0.2, -0.15) is 0 Å². The summed E-state index contributed by atoms with van der Waals surface area (Å²) in [5.41, 5.74) is 8.32. The van der Waals surface area contributed by atoms with Gasteiger partial charge in [0.1, 0.15) is 5.52 Å². The molecule has 4 rings (SSSR count). The van der Waals surface area contributed by atoms with Gasteiger partial charge in [-0.1, -0.05) is 45.4 Å². The zero-order valence-electron chi connectivity index (χ0n) is 17.6. The zero-order valence-corrected chi connectivity index (χ0v) is 20.5. The average molecular weight is 538 g/mol. The normalized spacial score (nSPS) is 13.3. The molecule has 30 heavy (non-hydrogen) atoms. The summed E-state index contributed by atoms with van der Waals surface area (Å²) in [6.07, 6.45) is 6.54. The molecule has 6 nitrogen and oxygen atoms in total. The summed E-state index contributed by atoms with van der Waals surface area (Å²) in [5, 5.41) is 0.928. The van der Waals surface area contributed by atoms with Gasteiger partial charge in [-0.05, 0) is 59.0 Å². The fourth-order valence-corrected chi connectivity index (χ4v) is 5.25. The van der Waals surface area contributed by atoms with Crippen LogP contribution in [0.4, 0.5) is 5.82 Å². The van der Waals surface area contributed by atoms with Gasteiger partial charge in [-0.3, -0.25) is 0 Å². The summed E-state index contributed by atoms with van der Waals surface area (Å²) in [6.45, 7) is 8.08. The van der Waals surface area contributed by atoms with Crippen molar-refractivity contribution in [1.82, 2.24) is 14.5 Å². The maximum atomic E-state index is 6.13. The number of imidazole rings is 1. The van der Waals surface area contributed by atoms with E-state index in [2.05, 4.69) is 52.9 Å². The van der Waals surface area contributed by atoms with Crippen LogP contribution in [0.15, 0.2) is 34.4 Å². The van der Waals surface area contributed by atoms with E-state index in [-0.39, 0.29) is 6.79 Å². The Bertz CT molecular complexity index is 1060. The van der Waals surface area contributed by atoms with Crippen molar-refractivity contribution >= 4 is 51.2 Å². The lowest BCUT2D eigenvalue weighted by Gasteiger charge is -2.17. The molecule has 2 N–H and O–H groups in total. The molecule has 8 heteroatoms. The third-order valence-electron chi connectivity index (χ3n) is 5.10. The van der Waals surface area contributed by atoms with E-state index in [9.17, 15) is 0 Å². The van der Waals surface area contributed by atoms with Crippen LogP contribution in [0.2, 0.25) is 0 Å². The van der Waals surface area contributed by atoms with Gasteiger partial charge < -0.3 is 19.8 Å². The number of anilines is 1. The second-order valence-corrected chi connectivity index (χ2v) is 10.9. The van der Waals surface area contributed by atoms with Crippen molar-refractivity contribution in [2.75, 3.05) is 12.5 Å². The number of unbranched alkanes of at least 4 members (excludes halogenated alkanes) is 2. The predicted octanol–water partition coefficient (Wildman–Crippen LogP) is 6.10. The summed E-state index contributed by atoms with van der Waals surface area (Å²) in [6, 6.07) is 6.05. The van der Waals surface area contributed by atoms with Crippen molar-refractivity contribution in [2.45, 2.75) is 63.1 Å². The molecule has 0 bridgehead atoms. The van der Waals surface area contributed by atoms with Crippen molar-refractivity contribution in [3.8, 4) is 11.5 Å². The van der Waals surface area contributed by atoms with Crippen LogP contribution < -0.4 is 15.2 Å². The van der Waals surface area contributed by atoms with Crippen LogP contribution in [0.5, 0.6) is 11.5 Å². The monoisotopic (exact) mass is 538 g/mol. The van der Waals surface area contributed by atoms with Gasteiger partial charge in [0.2, 0.25) is 6.79 Å². The first-order valence-electron chi connectivity index (χ1n) is 10.2. The van der Waals surface area contributed by atoms with Gasteiger partial charge in [-0.25, -0.2) is 9.97 Å². The maximum Gasteiger partial charge on any atom is 0.231 e. The molecule has 1 aliphatic rings. The topological polar surface area (TPSA) is 75.2 Å². The molecule has 0 radical (unpaired) electrons. The number of hydrogen-bond acceptors (Lipinski definition) is 6. The highest BCUT2D eigenvalue weighted by Gasteiger charge is 2.20. The SMILES string of the molecule is CC(C)(C)CCCCCn1c(Sc2cc3c(cc2I)OCO3)nc2c(N)nccc21. The molecular weight excluding hydrogens is 511 g/mol. The van der Waals surface area contributed by atoms with Crippen LogP contribution in [-0.4, -0.2) is 21.3 Å². The number of aryl methyl sites for hydroxylation is 1. The summed E-state index contributed by atoms with van der Waals surface area (Å²) in [5.74, 6) is 2.05. The fraction of sp³-hybridized carbons (Fsp3) is 0.455. The molecule has 3 heterocycles. The molecule has 1 aromatic carbocycles. The minimum Gasteiger partial charge on any atom is -0.454 e. The quantitative estimate of drug-likeness (QED) is 0.289. The minimum atomic E-state index is 0.273. The average Bonchev–Trinajstić information content (AvgIpc) is 3.26. The van der Waals surface area contributed by atoms with Crippen molar-refractivity contribution in [1.29, 1.82) is 0 Å². The van der Waals surface area contributed by atoms with E-state index >= 15 is 0 Å². The summed E-state index contributed by atoms with van der Waals surface area (Å²) in [4.78, 5) is 10.2. The van der Waals surface area contributed by atoms with Crippen LogP contribution in [0.3, 0.4) is 0 Å². The Labute approximate surface area is 195 Å². The van der Waals surface area contributed by atoms with Gasteiger partial charge in [0.15, 0.2) is 22.5 Å². The van der Waals surface area contributed by atoms with E-state index in [1.54, 1.807) is 18.0 Å². The number of nitrogens with two attached hydrogens (primary N) is 1. The highest BCUT2D eigenvalue weighted by atomic mass is 127. The highest BCUT2D eigenvalue weighted by molar-refractivity contribution is 14.1. The summed E-state index contributed by atoms with van der Waals surface area (Å²) < 4.78 is 14.4. The molecule has 0 atom stereocenters. The molecule has 0 unspecified atom stereocenters. The molecule has 160 valence electrons. The molecule has 0 aliphatic carbocycles. The fourth-order valence-electron chi connectivity index (χ4n) is 3.52. The van der Waals surface area contributed by atoms with Crippen molar-refractivity contribution in [3.63, 3.8) is 0 Å². The van der Waals surface area contributed by atoms with Crippen LogP contribution in [0.25, 0.3) is 11.0 Å². The summed E-state index contributed by atoms with van der Waals surface area (Å²) in [7, 11) is 0. The molecular formula is C22H27IN4O2S. The first-order valence-corrected chi connectivity index (χ1v) is 12.1. The minimum absolute atomic E-state index is 0.273. The lowest BCUT2D eigenvalue weighted by atomic mass is 9.89. The first kappa shape index (κ1) is 21.5. The van der Waals surface area contributed by atoms with Crippen molar-refractivity contribution in [3.05, 3.63) is 28.0 Å². The molecule has 2 aromatic heterocycles. The molecule has 1 aliphatic heterocycles. The molecule has 0 fully saturated rings. The standard InChI is InChI=1S/C22H27IN4O2S/c1-22(2,3)8-5-4-6-10-27-15-7-9-25-20(24)19(15)26-21(27)30-18-12-17-16(11-14(18)23)28-13-29-17/h7,9,11-12H,4-6,8,10,13H2,1-3H3,(H2,24,25). The van der Waals surface area contributed by atoms with Crippen LogP contribution in [0, 0.1) is 8.99 Å². The number of aromatic nitrogens is 3. The second-order valence-electron chi connectivity index (χ2n) is 8.72. The smallest absolute Gasteiger partial charge is 0.231 e. The van der Waals surface area contributed by atoms with Crippen LogP contribution in [0.1, 0.15) is 46.5 Å². The largest absolute Gasteiger partial charge is 0.454 e. The number of rotatable bonds is 7. The molecule has 0 amide bonds. The highest BCUT2D eigenvalue weighted by Crippen LogP contribution is 2.41.